The van der Waals surface area contributed by atoms with Crippen LogP contribution in [0.4, 0.5) is 11.4 Å². The second kappa shape index (κ2) is 7.49. The molecule has 0 saturated heterocycles. The molecule has 0 saturated carbocycles. The highest BCUT2D eigenvalue weighted by molar-refractivity contribution is 6.03. The van der Waals surface area contributed by atoms with E-state index in [4.69, 9.17) is 4.74 Å². The topological polar surface area (TPSA) is 67.4 Å². The van der Waals surface area contributed by atoms with E-state index >= 15 is 0 Å². The molecule has 0 radical (unpaired) electrons. The lowest BCUT2D eigenvalue weighted by Gasteiger charge is -2.12. The largest absolute Gasteiger partial charge is 0.465 e. The highest BCUT2D eigenvalue weighted by atomic mass is 16.5. The summed E-state index contributed by atoms with van der Waals surface area (Å²) in [6.07, 6.45) is 0. The summed E-state index contributed by atoms with van der Waals surface area (Å²) in [5.41, 5.74) is 1.64. The molecule has 0 aliphatic heterocycles. The van der Waals surface area contributed by atoms with E-state index < -0.39 is 5.97 Å². The minimum absolute atomic E-state index is 0.0868. The minimum atomic E-state index is -0.488. The number of hydrogen-bond acceptors (Lipinski definition) is 4. The van der Waals surface area contributed by atoms with Crippen LogP contribution in [0.15, 0.2) is 66.7 Å². The zero-order valence-electron chi connectivity index (χ0n) is 13.8. The maximum absolute atomic E-state index is 12.3. The van der Waals surface area contributed by atoms with E-state index in [2.05, 4.69) is 10.6 Å². The van der Waals surface area contributed by atoms with Gasteiger partial charge < -0.3 is 15.4 Å². The van der Waals surface area contributed by atoms with Gasteiger partial charge in [0.15, 0.2) is 0 Å². The number of methoxy groups -OCH3 is 1. The number of rotatable bonds is 5. The number of nitrogens with one attached hydrogen (secondary N) is 2. The lowest BCUT2D eigenvalue weighted by Crippen LogP contribution is -2.23. The van der Waals surface area contributed by atoms with Crippen LogP contribution in [0.25, 0.3) is 10.8 Å². The van der Waals surface area contributed by atoms with Crippen molar-refractivity contribution in [3.8, 4) is 0 Å². The van der Waals surface area contributed by atoms with Crippen molar-refractivity contribution < 1.29 is 14.3 Å². The number of esters is 1. The summed E-state index contributed by atoms with van der Waals surface area (Å²) >= 11 is 0. The Kier molecular flexibility index (Phi) is 4.95. The van der Waals surface area contributed by atoms with Gasteiger partial charge in [-0.2, -0.15) is 0 Å². The second-order valence-electron chi connectivity index (χ2n) is 5.47. The summed E-state index contributed by atoms with van der Waals surface area (Å²) in [6.45, 7) is 0.0868. The highest BCUT2D eigenvalue weighted by Crippen LogP contribution is 2.22. The number of hydrogen-bond donors (Lipinski definition) is 2. The van der Waals surface area contributed by atoms with Crippen molar-refractivity contribution >= 4 is 34.0 Å². The van der Waals surface area contributed by atoms with Crippen LogP contribution in [0.2, 0.25) is 0 Å². The zero-order chi connectivity index (χ0) is 17.6. The summed E-state index contributed by atoms with van der Waals surface area (Å²) in [5, 5.41) is 8.03. The lowest BCUT2D eigenvalue weighted by molar-refractivity contribution is -0.114. The molecule has 0 heterocycles. The molecule has 2 N–H and O–H groups in total. The third kappa shape index (κ3) is 3.77. The van der Waals surface area contributed by atoms with Crippen molar-refractivity contribution in [3.63, 3.8) is 0 Å². The van der Waals surface area contributed by atoms with Crippen molar-refractivity contribution in [2.45, 2.75) is 0 Å². The Morgan fingerprint density at radius 1 is 0.880 bits per heavy atom. The van der Waals surface area contributed by atoms with Gasteiger partial charge in [0.2, 0.25) is 5.91 Å². The third-order valence-electron chi connectivity index (χ3n) is 3.84. The van der Waals surface area contributed by atoms with Gasteiger partial charge in [-0.1, -0.05) is 48.5 Å². The fourth-order valence-electron chi connectivity index (χ4n) is 2.63. The first-order chi connectivity index (χ1) is 12.2. The summed E-state index contributed by atoms with van der Waals surface area (Å²) < 4.78 is 4.73. The Hall–Kier alpha value is -3.34. The number of anilines is 2. The van der Waals surface area contributed by atoms with E-state index in [0.29, 0.717) is 11.3 Å². The Bertz CT molecular complexity index is 916. The standard InChI is InChI=1S/C20H18N2O3/c1-25-20(24)16-10-4-5-11-18(16)22-19(23)13-21-17-12-6-8-14-7-2-3-9-15(14)17/h2-12,21H,13H2,1H3,(H,22,23). The second-order valence-corrected chi connectivity index (χ2v) is 5.47. The fraction of sp³-hybridized carbons (Fsp3) is 0.100. The summed E-state index contributed by atoms with van der Waals surface area (Å²) in [5.74, 6) is -0.734. The summed E-state index contributed by atoms with van der Waals surface area (Å²) in [7, 11) is 1.31. The molecular formula is C20H18N2O3. The van der Waals surface area contributed by atoms with Gasteiger partial charge in [-0.15, -0.1) is 0 Å². The SMILES string of the molecule is COC(=O)c1ccccc1NC(=O)CNc1cccc2ccccc12. The lowest BCUT2D eigenvalue weighted by atomic mass is 10.1. The number of carbonyl (C=O) groups excluding carboxylic acids is 2. The van der Waals surface area contributed by atoms with Gasteiger partial charge in [0.05, 0.1) is 24.9 Å². The van der Waals surface area contributed by atoms with E-state index in [9.17, 15) is 9.59 Å². The van der Waals surface area contributed by atoms with Gasteiger partial charge in [0.1, 0.15) is 0 Å². The molecule has 0 aromatic heterocycles. The third-order valence-corrected chi connectivity index (χ3v) is 3.84. The molecule has 126 valence electrons. The monoisotopic (exact) mass is 334 g/mol. The fourth-order valence-corrected chi connectivity index (χ4v) is 2.63. The predicted molar refractivity (Wildman–Crippen MR) is 98.8 cm³/mol. The smallest absolute Gasteiger partial charge is 0.339 e. The minimum Gasteiger partial charge on any atom is -0.465 e. The molecule has 3 aromatic carbocycles. The summed E-state index contributed by atoms with van der Waals surface area (Å²) in [4.78, 5) is 24.0. The molecule has 1 amide bonds. The van der Waals surface area contributed by atoms with Crippen LogP contribution in [0.3, 0.4) is 0 Å². The van der Waals surface area contributed by atoms with Crippen LogP contribution >= 0.6 is 0 Å². The molecule has 3 aromatic rings. The van der Waals surface area contributed by atoms with Gasteiger partial charge >= 0.3 is 5.97 Å². The van der Waals surface area contributed by atoms with E-state index in [0.717, 1.165) is 16.5 Å². The Labute approximate surface area is 145 Å². The first kappa shape index (κ1) is 16.5. The number of ether oxygens (including phenoxy) is 1. The van der Waals surface area contributed by atoms with Crippen LogP contribution in [-0.4, -0.2) is 25.5 Å². The van der Waals surface area contributed by atoms with Gasteiger partial charge in [0, 0.05) is 11.1 Å². The van der Waals surface area contributed by atoms with Crippen LogP contribution in [0, 0.1) is 0 Å². The quantitative estimate of drug-likeness (QED) is 0.699. The summed E-state index contributed by atoms with van der Waals surface area (Å²) in [6, 6.07) is 20.6. The molecule has 25 heavy (non-hydrogen) atoms. The average molecular weight is 334 g/mol. The average Bonchev–Trinajstić information content (AvgIpc) is 2.66. The van der Waals surface area contributed by atoms with Crippen LogP contribution < -0.4 is 10.6 Å². The van der Waals surface area contributed by atoms with Crippen molar-refractivity contribution in [3.05, 3.63) is 72.3 Å². The highest BCUT2D eigenvalue weighted by Gasteiger charge is 2.13. The number of para-hydroxylation sites is 1. The molecule has 3 rings (SSSR count). The molecule has 0 unspecified atom stereocenters. The first-order valence-electron chi connectivity index (χ1n) is 7.88. The molecule has 0 bridgehead atoms. The Balaban J connectivity index is 1.71. The van der Waals surface area contributed by atoms with Gasteiger partial charge in [-0.05, 0) is 23.6 Å². The molecule has 5 nitrogen and oxygen atoms in total. The normalized spacial score (nSPS) is 10.3. The number of benzene rings is 3. The van der Waals surface area contributed by atoms with E-state index in [-0.39, 0.29) is 12.5 Å². The van der Waals surface area contributed by atoms with Crippen LogP contribution in [0.1, 0.15) is 10.4 Å². The van der Waals surface area contributed by atoms with Gasteiger partial charge in [0.25, 0.3) is 0 Å². The molecule has 0 fully saturated rings. The van der Waals surface area contributed by atoms with Crippen molar-refractivity contribution in [2.75, 3.05) is 24.3 Å². The van der Waals surface area contributed by atoms with Gasteiger partial charge in [-0.3, -0.25) is 4.79 Å². The first-order valence-corrected chi connectivity index (χ1v) is 7.88. The Morgan fingerprint density at radius 2 is 1.56 bits per heavy atom. The van der Waals surface area contributed by atoms with Gasteiger partial charge in [-0.25, -0.2) is 4.79 Å². The predicted octanol–water partition coefficient (Wildman–Crippen LogP) is 3.68. The number of fused-ring (bicyclic) bond motifs is 1. The van der Waals surface area contributed by atoms with Crippen LogP contribution in [0.5, 0.6) is 0 Å². The number of carbonyl (C=O) groups is 2. The van der Waals surface area contributed by atoms with Crippen molar-refractivity contribution in [1.82, 2.24) is 0 Å². The molecule has 5 heteroatoms. The maximum Gasteiger partial charge on any atom is 0.339 e. The molecule has 0 aliphatic carbocycles. The molecule has 0 aliphatic rings. The zero-order valence-corrected chi connectivity index (χ0v) is 13.8. The molecular weight excluding hydrogens is 316 g/mol. The van der Waals surface area contributed by atoms with E-state index in [1.54, 1.807) is 24.3 Å². The van der Waals surface area contributed by atoms with Crippen LogP contribution in [-0.2, 0) is 9.53 Å². The Morgan fingerprint density at radius 3 is 2.40 bits per heavy atom. The van der Waals surface area contributed by atoms with E-state index in [1.807, 2.05) is 42.5 Å². The van der Waals surface area contributed by atoms with E-state index in [1.165, 1.54) is 7.11 Å². The number of amides is 1. The van der Waals surface area contributed by atoms with Crippen molar-refractivity contribution in [1.29, 1.82) is 0 Å². The molecule has 0 atom stereocenters. The maximum atomic E-state index is 12.3. The van der Waals surface area contributed by atoms with Crippen molar-refractivity contribution in [2.24, 2.45) is 0 Å². The molecule has 0 spiro atoms.